The Morgan fingerprint density at radius 1 is 1.50 bits per heavy atom. The van der Waals surface area contributed by atoms with Gasteiger partial charge >= 0.3 is 0 Å². The molecule has 0 saturated carbocycles. The van der Waals surface area contributed by atoms with E-state index in [4.69, 9.17) is 16.9 Å². The molecule has 18 heavy (non-hydrogen) atoms. The highest BCUT2D eigenvalue weighted by Gasteiger charge is 2.15. The zero-order valence-corrected chi connectivity index (χ0v) is 11.3. The Hall–Kier alpha value is -1.64. The van der Waals surface area contributed by atoms with Crippen LogP contribution in [0.3, 0.4) is 0 Å². The predicted molar refractivity (Wildman–Crippen MR) is 72.7 cm³/mol. The van der Waals surface area contributed by atoms with Crippen molar-refractivity contribution in [2.45, 2.75) is 19.4 Å². The van der Waals surface area contributed by atoms with Gasteiger partial charge in [-0.05, 0) is 12.5 Å². The second kappa shape index (κ2) is 5.80. The number of nitriles is 1. The minimum atomic E-state index is 0.0592. The van der Waals surface area contributed by atoms with Gasteiger partial charge in [0.25, 0.3) is 0 Å². The molecule has 1 atom stereocenters. The number of rotatable bonds is 4. The third kappa shape index (κ3) is 2.61. The molecule has 2 heterocycles. The largest absolute Gasteiger partial charge is 0.360 e. The van der Waals surface area contributed by atoms with Crippen molar-refractivity contribution < 1.29 is 0 Å². The Bertz CT molecular complexity index is 562. The number of anilines is 1. The van der Waals surface area contributed by atoms with Gasteiger partial charge in [0.15, 0.2) is 0 Å². The second-order valence-electron chi connectivity index (χ2n) is 3.61. The van der Waals surface area contributed by atoms with E-state index in [9.17, 15) is 0 Å². The number of aromatic nitrogens is 2. The van der Waals surface area contributed by atoms with Crippen molar-refractivity contribution in [3.05, 3.63) is 39.4 Å². The average molecular weight is 279 g/mol. The molecule has 0 radical (unpaired) electrons. The first kappa shape index (κ1) is 12.8. The van der Waals surface area contributed by atoms with Crippen molar-refractivity contribution in [2.75, 3.05) is 5.32 Å². The van der Waals surface area contributed by atoms with Gasteiger partial charge in [-0.25, -0.2) is 9.97 Å². The normalized spacial score (nSPS) is 11.8. The van der Waals surface area contributed by atoms with Crippen LogP contribution in [0.5, 0.6) is 0 Å². The Morgan fingerprint density at radius 2 is 2.33 bits per heavy atom. The van der Waals surface area contributed by atoms with Gasteiger partial charge in [-0.3, -0.25) is 0 Å². The SMILES string of the molecule is CCC(Nc1nccc(C#N)c1Cl)c1nccs1. The van der Waals surface area contributed by atoms with Crippen LogP contribution in [0.2, 0.25) is 5.02 Å². The number of hydrogen-bond donors (Lipinski definition) is 1. The molecule has 0 bridgehead atoms. The number of pyridine rings is 1. The maximum Gasteiger partial charge on any atom is 0.146 e. The standard InChI is InChI=1S/C12H11ClN4S/c1-2-9(12-16-5-6-18-12)17-11-10(13)8(7-14)3-4-15-11/h3-6,9H,2H2,1H3,(H,15,17). The lowest BCUT2D eigenvalue weighted by atomic mass is 10.2. The first-order valence-corrected chi connectivity index (χ1v) is 6.72. The molecule has 2 aromatic heterocycles. The summed E-state index contributed by atoms with van der Waals surface area (Å²) in [6.45, 7) is 2.06. The molecule has 0 aliphatic carbocycles. The maximum atomic E-state index is 8.92. The highest BCUT2D eigenvalue weighted by molar-refractivity contribution is 7.09. The molecule has 0 amide bonds. The lowest BCUT2D eigenvalue weighted by Gasteiger charge is -2.16. The molecule has 92 valence electrons. The summed E-state index contributed by atoms with van der Waals surface area (Å²) in [4.78, 5) is 8.44. The van der Waals surface area contributed by atoms with E-state index in [1.54, 1.807) is 29.8 Å². The smallest absolute Gasteiger partial charge is 0.146 e. The minimum absolute atomic E-state index is 0.0592. The fourth-order valence-electron chi connectivity index (χ4n) is 1.54. The molecular weight excluding hydrogens is 268 g/mol. The Kier molecular flexibility index (Phi) is 4.13. The number of hydrogen-bond acceptors (Lipinski definition) is 5. The topological polar surface area (TPSA) is 61.6 Å². The van der Waals surface area contributed by atoms with Crippen LogP contribution >= 0.6 is 22.9 Å². The lowest BCUT2D eigenvalue weighted by molar-refractivity contribution is 0.737. The van der Waals surface area contributed by atoms with Gasteiger partial charge in [-0.2, -0.15) is 5.26 Å². The fraction of sp³-hybridized carbons (Fsp3) is 0.250. The van der Waals surface area contributed by atoms with Crippen LogP contribution in [0, 0.1) is 11.3 Å². The Labute approximate surface area is 114 Å². The maximum absolute atomic E-state index is 8.92. The molecule has 0 aromatic carbocycles. The Balaban J connectivity index is 2.26. The number of thiazole rings is 1. The van der Waals surface area contributed by atoms with Crippen molar-refractivity contribution >= 4 is 28.8 Å². The van der Waals surface area contributed by atoms with E-state index >= 15 is 0 Å². The van der Waals surface area contributed by atoms with Crippen molar-refractivity contribution in [3.63, 3.8) is 0 Å². The number of nitrogens with zero attached hydrogens (tertiary/aromatic N) is 3. The van der Waals surface area contributed by atoms with E-state index in [1.807, 2.05) is 11.4 Å². The summed E-state index contributed by atoms with van der Waals surface area (Å²) in [5, 5.41) is 15.4. The van der Waals surface area contributed by atoms with E-state index in [2.05, 4.69) is 22.2 Å². The van der Waals surface area contributed by atoms with Crippen molar-refractivity contribution in [2.24, 2.45) is 0 Å². The summed E-state index contributed by atoms with van der Waals surface area (Å²) in [6.07, 6.45) is 4.20. The molecule has 4 nitrogen and oxygen atoms in total. The average Bonchev–Trinajstić information content (AvgIpc) is 2.91. The molecule has 0 aliphatic heterocycles. The van der Waals surface area contributed by atoms with Gasteiger partial charge in [0, 0.05) is 17.8 Å². The zero-order valence-electron chi connectivity index (χ0n) is 9.72. The first-order valence-electron chi connectivity index (χ1n) is 5.46. The molecular formula is C12H11ClN4S. The van der Waals surface area contributed by atoms with Crippen LogP contribution in [-0.2, 0) is 0 Å². The second-order valence-corrected chi connectivity index (χ2v) is 4.91. The molecule has 1 N–H and O–H groups in total. The lowest BCUT2D eigenvalue weighted by Crippen LogP contribution is -2.11. The van der Waals surface area contributed by atoms with Crippen LogP contribution < -0.4 is 5.32 Å². The summed E-state index contributed by atoms with van der Waals surface area (Å²) in [7, 11) is 0. The Morgan fingerprint density at radius 3 is 2.94 bits per heavy atom. The number of halogens is 1. The van der Waals surface area contributed by atoms with E-state index < -0.39 is 0 Å². The first-order chi connectivity index (χ1) is 8.76. The molecule has 1 unspecified atom stereocenters. The minimum Gasteiger partial charge on any atom is -0.360 e. The molecule has 6 heteroatoms. The van der Waals surface area contributed by atoms with E-state index in [0.717, 1.165) is 11.4 Å². The van der Waals surface area contributed by atoms with Crippen molar-refractivity contribution in [1.82, 2.24) is 9.97 Å². The molecule has 2 aromatic rings. The van der Waals surface area contributed by atoms with Gasteiger partial charge < -0.3 is 5.32 Å². The summed E-state index contributed by atoms with van der Waals surface area (Å²) >= 11 is 7.69. The monoisotopic (exact) mass is 278 g/mol. The van der Waals surface area contributed by atoms with Crippen LogP contribution in [0.1, 0.15) is 30.0 Å². The summed E-state index contributed by atoms with van der Waals surface area (Å²) in [5.74, 6) is 0.526. The van der Waals surface area contributed by atoms with E-state index in [-0.39, 0.29) is 6.04 Å². The quantitative estimate of drug-likeness (QED) is 0.928. The molecule has 0 fully saturated rings. The third-order valence-electron chi connectivity index (χ3n) is 2.48. The van der Waals surface area contributed by atoms with Gasteiger partial charge in [0.05, 0.1) is 11.6 Å². The van der Waals surface area contributed by atoms with Crippen molar-refractivity contribution in [3.8, 4) is 6.07 Å². The fourth-order valence-corrected chi connectivity index (χ4v) is 2.52. The van der Waals surface area contributed by atoms with E-state index in [1.165, 1.54) is 0 Å². The highest BCUT2D eigenvalue weighted by Crippen LogP contribution is 2.28. The molecule has 0 aliphatic rings. The third-order valence-corrected chi connectivity index (χ3v) is 3.75. The van der Waals surface area contributed by atoms with Gasteiger partial charge in [0.1, 0.15) is 21.9 Å². The van der Waals surface area contributed by atoms with E-state index in [0.29, 0.717) is 16.4 Å². The highest BCUT2D eigenvalue weighted by atomic mass is 35.5. The van der Waals surface area contributed by atoms with Crippen LogP contribution in [0.15, 0.2) is 23.8 Å². The molecule has 0 spiro atoms. The summed E-state index contributed by atoms with van der Waals surface area (Å²) in [5.41, 5.74) is 0.420. The summed E-state index contributed by atoms with van der Waals surface area (Å²) < 4.78 is 0. The predicted octanol–water partition coefficient (Wildman–Crippen LogP) is 3.63. The van der Waals surface area contributed by atoms with Crippen LogP contribution in [0.25, 0.3) is 0 Å². The van der Waals surface area contributed by atoms with Gasteiger partial charge in [-0.15, -0.1) is 11.3 Å². The molecule has 0 saturated heterocycles. The molecule has 2 rings (SSSR count). The van der Waals surface area contributed by atoms with Gasteiger partial charge in [-0.1, -0.05) is 18.5 Å². The van der Waals surface area contributed by atoms with Gasteiger partial charge in [0.2, 0.25) is 0 Å². The zero-order chi connectivity index (χ0) is 13.0. The van der Waals surface area contributed by atoms with Crippen LogP contribution in [0.4, 0.5) is 5.82 Å². The summed E-state index contributed by atoms with van der Waals surface area (Å²) in [6, 6.07) is 3.69. The van der Waals surface area contributed by atoms with Crippen LogP contribution in [-0.4, -0.2) is 9.97 Å². The number of nitrogens with one attached hydrogen (secondary N) is 1. The van der Waals surface area contributed by atoms with Crippen molar-refractivity contribution in [1.29, 1.82) is 5.26 Å².